The molecule has 1 fully saturated rings. The highest BCUT2D eigenvalue weighted by Crippen LogP contribution is 2.35. The Kier molecular flexibility index (Phi) is 4.01. The number of nitrogens with one attached hydrogen (secondary N) is 1. The zero-order valence-corrected chi connectivity index (χ0v) is 10.9. The van der Waals surface area contributed by atoms with Crippen LogP contribution in [0.2, 0.25) is 0 Å². The number of hydrogen-bond donors (Lipinski definition) is 2. The fourth-order valence-electron chi connectivity index (χ4n) is 2.63. The lowest BCUT2D eigenvalue weighted by molar-refractivity contribution is 0.181. The summed E-state index contributed by atoms with van der Waals surface area (Å²) >= 11 is 0. The first-order chi connectivity index (χ1) is 8.63. The van der Waals surface area contributed by atoms with Crippen molar-refractivity contribution >= 4 is 0 Å². The van der Waals surface area contributed by atoms with Crippen LogP contribution in [-0.4, -0.2) is 28.8 Å². The molecular weight excluding hydrogens is 232 g/mol. The van der Waals surface area contributed by atoms with Gasteiger partial charge in [0, 0.05) is 13.0 Å². The molecule has 5 heteroatoms. The summed E-state index contributed by atoms with van der Waals surface area (Å²) in [4.78, 5) is 18.9. The van der Waals surface area contributed by atoms with Gasteiger partial charge in [-0.05, 0) is 18.8 Å². The highest BCUT2D eigenvalue weighted by molar-refractivity contribution is 5.28. The molecule has 1 atom stereocenters. The standard InChI is InChI=1S/C13H20N2O3/c1-8(7-18-2)11-14-12(16)10(13(17)15-11)9-5-3-4-6-9/h8-9H,3-7H2,1-2H3,(H2,14,15,16,17). The lowest BCUT2D eigenvalue weighted by Crippen LogP contribution is -2.21. The van der Waals surface area contributed by atoms with Gasteiger partial charge in [0.15, 0.2) is 0 Å². The van der Waals surface area contributed by atoms with Gasteiger partial charge in [-0.2, -0.15) is 4.98 Å². The molecule has 0 aromatic carbocycles. The summed E-state index contributed by atoms with van der Waals surface area (Å²) in [5.41, 5.74) is 0.258. The maximum atomic E-state index is 12.1. The Morgan fingerprint density at radius 3 is 2.72 bits per heavy atom. The van der Waals surface area contributed by atoms with Crippen LogP contribution in [0.25, 0.3) is 0 Å². The van der Waals surface area contributed by atoms with Gasteiger partial charge in [0.25, 0.3) is 5.56 Å². The Balaban J connectivity index is 2.31. The minimum absolute atomic E-state index is 0.0359. The topological polar surface area (TPSA) is 75.2 Å². The molecule has 1 saturated carbocycles. The summed E-state index contributed by atoms with van der Waals surface area (Å²) in [6, 6.07) is 0. The van der Waals surface area contributed by atoms with E-state index < -0.39 is 0 Å². The van der Waals surface area contributed by atoms with Gasteiger partial charge in [-0.15, -0.1) is 0 Å². The molecule has 1 aliphatic rings. The van der Waals surface area contributed by atoms with E-state index in [9.17, 15) is 9.90 Å². The first-order valence-corrected chi connectivity index (χ1v) is 6.45. The van der Waals surface area contributed by atoms with E-state index in [0.29, 0.717) is 18.0 Å². The molecule has 100 valence electrons. The summed E-state index contributed by atoms with van der Waals surface area (Å²) in [5.74, 6) is 0.504. The Morgan fingerprint density at radius 1 is 1.50 bits per heavy atom. The van der Waals surface area contributed by atoms with Crippen LogP contribution in [0.3, 0.4) is 0 Å². The zero-order valence-electron chi connectivity index (χ0n) is 10.9. The van der Waals surface area contributed by atoms with Crippen LogP contribution in [-0.2, 0) is 4.74 Å². The van der Waals surface area contributed by atoms with Gasteiger partial charge in [-0.3, -0.25) is 4.79 Å². The van der Waals surface area contributed by atoms with Crippen LogP contribution in [0.1, 0.15) is 55.8 Å². The molecule has 1 aromatic heterocycles. The summed E-state index contributed by atoms with van der Waals surface area (Å²) < 4.78 is 5.02. The lowest BCUT2D eigenvalue weighted by Gasteiger charge is -2.14. The van der Waals surface area contributed by atoms with Crippen molar-refractivity contribution in [3.05, 3.63) is 21.7 Å². The summed E-state index contributed by atoms with van der Waals surface area (Å²) in [7, 11) is 1.60. The van der Waals surface area contributed by atoms with E-state index in [4.69, 9.17) is 4.74 Å². The molecule has 0 bridgehead atoms. The Hall–Kier alpha value is -1.36. The Bertz CT molecular complexity index is 464. The van der Waals surface area contributed by atoms with Gasteiger partial charge < -0.3 is 14.8 Å². The predicted octanol–water partition coefficient (Wildman–Crippen LogP) is 1.88. The van der Waals surface area contributed by atoms with E-state index in [-0.39, 0.29) is 23.3 Å². The number of aromatic hydroxyl groups is 1. The third-order valence-electron chi connectivity index (χ3n) is 3.60. The van der Waals surface area contributed by atoms with Crippen LogP contribution >= 0.6 is 0 Å². The van der Waals surface area contributed by atoms with Crippen LogP contribution in [0.4, 0.5) is 0 Å². The number of aromatic amines is 1. The van der Waals surface area contributed by atoms with Gasteiger partial charge in [-0.25, -0.2) is 0 Å². The molecule has 2 N–H and O–H groups in total. The molecular formula is C13H20N2O3. The minimum atomic E-state index is -0.202. The second-order valence-corrected chi connectivity index (χ2v) is 5.03. The molecule has 0 saturated heterocycles. The SMILES string of the molecule is COCC(C)c1nc(O)c(C2CCCC2)c(=O)[nH]1. The van der Waals surface area contributed by atoms with Crippen molar-refractivity contribution in [1.29, 1.82) is 0 Å². The van der Waals surface area contributed by atoms with E-state index >= 15 is 0 Å². The monoisotopic (exact) mass is 252 g/mol. The highest BCUT2D eigenvalue weighted by Gasteiger charge is 2.25. The largest absolute Gasteiger partial charge is 0.493 e. The van der Waals surface area contributed by atoms with Gasteiger partial charge in [0.1, 0.15) is 5.82 Å². The summed E-state index contributed by atoms with van der Waals surface area (Å²) in [5, 5.41) is 9.98. The fraction of sp³-hybridized carbons (Fsp3) is 0.692. The molecule has 5 nitrogen and oxygen atoms in total. The summed E-state index contributed by atoms with van der Waals surface area (Å²) in [6.45, 7) is 2.36. The molecule has 1 aromatic rings. The van der Waals surface area contributed by atoms with E-state index in [0.717, 1.165) is 25.7 Å². The van der Waals surface area contributed by atoms with E-state index in [1.807, 2.05) is 6.92 Å². The van der Waals surface area contributed by atoms with Crippen molar-refractivity contribution < 1.29 is 9.84 Å². The van der Waals surface area contributed by atoms with Crippen molar-refractivity contribution in [1.82, 2.24) is 9.97 Å². The van der Waals surface area contributed by atoms with Gasteiger partial charge in [0.05, 0.1) is 12.2 Å². The summed E-state index contributed by atoms with van der Waals surface area (Å²) in [6.07, 6.45) is 4.16. The first kappa shape index (κ1) is 13.1. The van der Waals surface area contributed by atoms with Gasteiger partial charge >= 0.3 is 0 Å². The smallest absolute Gasteiger partial charge is 0.258 e. The molecule has 1 aliphatic carbocycles. The predicted molar refractivity (Wildman–Crippen MR) is 68.0 cm³/mol. The average molecular weight is 252 g/mol. The normalized spacial score (nSPS) is 18.1. The third-order valence-corrected chi connectivity index (χ3v) is 3.60. The number of rotatable bonds is 4. The molecule has 0 spiro atoms. The average Bonchev–Trinajstić information content (AvgIpc) is 2.82. The van der Waals surface area contributed by atoms with Crippen LogP contribution in [0, 0.1) is 0 Å². The first-order valence-electron chi connectivity index (χ1n) is 6.45. The zero-order chi connectivity index (χ0) is 13.1. The molecule has 0 aliphatic heterocycles. The molecule has 0 radical (unpaired) electrons. The number of aromatic nitrogens is 2. The number of nitrogens with zero attached hydrogens (tertiary/aromatic N) is 1. The fourth-order valence-corrected chi connectivity index (χ4v) is 2.63. The molecule has 18 heavy (non-hydrogen) atoms. The van der Waals surface area contributed by atoms with E-state index in [1.165, 1.54) is 0 Å². The number of ether oxygens (including phenoxy) is 1. The maximum absolute atomic E-state index is 12.1. The van der Waals surface area contributed by atoms with Gasteiger partial charge in [-0.1, -0.05) is 19.8 Å². The van der Waals surface area contributed by atoms with Crippen molar-refractivity contribution in [2.45, 2.75) is 44.4 Å². The minimum Gasteiger partial charge on any atom is -0.493 e. The number of methoxy groups -OCH3 is 1. The molecule has 1 heterocycles. The molecule has 0 amide bonds. The van der Waals surface area contributed by atoms with Crippen molar-refractivity contribution in [3.63, 3.8) is 0 Å². The van der Waals surface area contributed by atoms with Crippen molar-refractivity contribution in [3.8, 4) is 5.88 Å². The lowest BCUT2D eigenvalue weighted by atomic mass is 10.00. The quantitative estimate of drug-likeness (QED) is 0.858. The second-order valence-electron chi connectivity index (χ2n) is 5.03. The molecule has 2 rings (SSSR count). The molecule has 1 unspecified atom stereocenters. The van der Waals surface area contributed by atoms with Crippen LogP contribution < -0.4 is 5.56 Å². The van der Waals surface area contributed by atoms with E-state index in [2.05, 4.69) is 9.97 Å². The van der Waals surface area contributed by atoms with Crippen molar-refractivity contribution in [2.75, 3.05) is 13.7 Å². The Labute approximate surface area is 106 Å². The van der Waals surface area contributed by atoms with Gasteiger partial charge in [0.2, 0.25) is 5.88 Å². The van der Waals surface area contributed by atoms with E-state index in [1.54, 1.807) is 7.11 Å². The van der Waals surface area contributed by atoms with Crippen LogP contribution in [0.15, 0.2) is 4.79 Å². The number of hydrogen-bond acceptors (Lipinski definition) is 4. The van der Waals surface area contributed by atoms with Crippen molar-refractivity contribution in [2.24, 2.45) is 0 Å². The number of H-pyrrole nitrogens is 1. The Morgan fingerprint density at radius 2 is 2.17 bits per heavy atom. The highest BCUT2D eigenvalue weighted by atomic mass is 16.5. The van der Waals surface area contributed by atoms with Crippen LogP contribution in [0.5, 0.6) is 5.88 Å². The maximum Gasteiger partial charge on any atom is 0.258 e. The second kappa shape index (κ2) is 5.52. The third kappa shape index (κ3) is 2.56.